The van der Waals surface area contributed by atoms with Crippen LogP contribution in [-0.4, -0.2) is 16.5 Å². The third-order valence-corrected chi connectivity index (χ3v) is 3.63. The van der Waals surface area contributed by atoms with Crippen molar-refractivity contribution in [2.45, 2.75) is 33.3 Å². The predicted molar refractivity (Wildman–Crippen MR) is 88.5 cm³/mol. The zero-order chi connectivity index (χ0) is 16.3. The van der Waals surface area contributed by atoms with Crippen molar-refractivity contribution in [1.82, 2.24) is 4.98 Å². The number of rotatable bonds is 4. The van der Waals surface area contributed by atoms with Gasteiger partial charge in [-0.3, -0.25) is 4.79 Å². The van der Waals surface area contributed by atoms with Crippen LogP contribution in [-0.2, 0) is 4.79 Å². The number of aryl methyl sites for hydroxylation is 2. The molecule has 22 heavy (non-hydrogen) atoms. The van der Waals surface area contributed by atoms with Gasteiger partial charge in [-0.15, -0.1) is 0 Å². The van der Waals surface area contributed by atoms with Crippen LogP contribution in [0.2, 0.25) is 5.02 Å². The fraction of sp³-hybridized carbons (Fsp3) is 0.294. The third-order valence-electron chi connectivity index (χ3n) is 3.20. The second kappa shape index (κ2) is 6.36. The van der Waals surface area contributed by atoms with Crippen molar-refractivity contribution in [3.8, 4) is 5.75 Å². The minimum atomic E-state index is -1.03. The Balaban J connectivity index is 2.09. The zero-order valence-corrected chi connectivity index (χ0v) is 13.9. The minimum absolute atomic E-state index is 0.267. The summed E-state index contributed by atoms with van der Waals surface area (Å²) < 4.78 is 5.80. The second-order valence-electron chi connectivity index (χ2n) is 5.70. The number of hydrogen-bond acceptors (Lipinski definition) is 3. The van der Waals surface area contributed by atoms with Crippen LogP contribution in [0, 0.1) is 13.8 Å². The highest BCUT2D eigenvalue weighted by Gasteiger charge is 2.30. The molecule has 1 amide bonds. The van der Waals surface area contributed by atoms with Crippen LogP contribution in [0.25, 0.3) is 0 Å². The summed E-state index contributed by atoms with van der Waals surface area (Å²) in [5.74, 6) is 0.829. The summed E-state index contributed by atoms with van der Waals surface area (Å²) in [5.41, 5.74) is 0.896. The van der Waals surface area contributed by atoms with E-state index in [9.17, 15) is 4.79 Å². The molecule has 0 aliphatic heterocycles. The Morgan fingerprint density at radius 3 is 2.55 bits per heavy atom. The van der Waals surface area contributed by atoms with Crippen molar-refractivity contribution >= 4 is 23.3 Å². The van der Waals surface area contributed by atoms with E-state index in [2.05, 4.69) is 10.3 Å². The number of nitrogens with zero attached hydrogens (tertiary/aromatic N) is 1. The fourth-order valence-electron chi connectivity index (χ4n) is 1.83. The first-order valence-corrected chi connectivity index (χ1v) is 7.35. The van der Waals surface area contributed by atoms with Crippen molar-refractivity contribution in [3.63, 3.8) is 0 Å². The normalized spacial score (nSPS) is 11.1. The minimum Gasteiger partial charge on any atom is -0.478 e. The van der Waals surface area contributed by atoms with Gasteiger partial charge in [-0.05, 0) is 63.1 Å². The van der Waals surface area contributed by atoms with E-state index in [0.29, 0.717) is 16.6 Å². The van der Waals surface area contributed by atoms with E-state index in [0.717, 1.165) is 11.1 Å². The Morgan fingerprint density at radius 2 is 1.95 bits per heavy atom. The molecule has 1 aromatic heterocycles. The van der Waals surface area contributed by atoms with Gasteiger partial charge in [0.15, 0.2) is 5.60 Å². The first-order chi connectivity index (χ1) is 10.3. The Labute approximate surface area is 135 Å². The molecule has 0 atom stereocenters. The Kier molecular flexibility index (Phi) is 4.71. The van der Waals surface area contributed by atoms with Crippen LogP contribution in [0.4, 0.5) is 5.82 Å². The number of ether oxygens (including phenoxy) is 1. The number of hydrogen-bond donors (Lipinski definition) is 1. The molecule has 0 aliphatic carbocycles. The van der Waals surface area contributed by atoms with Crippen molar-refractivity contribution in [2.24, 2.45) is 0 Å². The summed E-state index contributed by atoms with van der Waals surface area (Å²) in [6, 6.07) is 8.95. The quantitative estimate of drug-likeness (QED) is 0.921. The van der Waals surface area contributed by atoms with E-state index in [4.69, 9.17) is 16.3 Å². The summed E-state index contributed by atoms with van der Waals surface area (Å²) in [4.78, 5) is 16.5. The summed E-state index contributed by atoms with van der Waals surface area (Å²) >= 11 is 5.99. The molecule has 1 aromatic carbocycles. The van der Waals surface area contributed by atoms with Crippen LogP contribution in [0.5, 0.6) is 5.75 Å². The van der Waals surface area contributed by atoms with Gasteiger partial charge < -0.3 is 10.1 Å². The number of nitrogens with one attached hydrogen (secondary N) is 1. The van der Waals surface area contributed by atoms with Crippen molar-refractivity contribution in [3.05, 3.63) is 52.7 Å². The van der Waals surface area contributed by atoms with Crippen LogP contribution < -0.4 is 10.1 Å². The predicted octanol–water partition coefficient (Wildman–Crippen LogP) is 4.15. The highest BCUT2D eigenvalue weighted by Crippen LogP contribution is 2.25. The van der Waals surface area contributed by atoms with E-state index in [-0.39, 0.29) is 5.91 Å². The molecule has 0 fully saturated rings. The van der Waals surface area contributed by atoms with Crippen LogP contribution in [0.15, 0.2) is 36.5 Å². The highest BCUT2D eigenvalue weighted by molar-refractivity contribution is 6.31. The van der Waals surface area contributed by atoms with Gasteiger partial charge in [0.25, 0.3) is 5.91 Å². The van der Waals surface area contributed by atoms with Gasteiger partial charge >= 0.3 is 0 Å². The van der Waals surface area contributed by atoms with Gasteiger partial charge in [0.05, 0.1) is 0 Å². The molecular weight excluding hydrogens is 300 g/mol. The van der Waals surface area contributed by atoms with Gasteiger partial charge in [0.2, 0.25) is 0 Å². The average Bonchev–Trinajstić information content (AvgIpc) is 2.45. The van der Waals surface area contributed by atoms with Crippen molar-refractivity contribution in [1.29, 1.82) is 0 Å². The molecule has 116 valence electrons. The maximum absolute atomic E-state index is 12.4. The van der Waals surface area contributed by atoms with Gasteiger partial charge in [0, 0.05) is 11.2 Å². The molecule has 4 nitrogen and oxygen atoms in total. The van der Waals surface area contributed by atoms with Crippen LogP contribution in [0.3, 0.4) is 0 Å². The summed E-state index contributed by atoms with van der Waals surface area (Å²) in [6.07, 6.45) is 1.70. The molecular formula is C17H19ClN2O2. The smallest absolute Gasteiger partial charge is 0.269 e. The van der Waals surface area contributed by atoms with E-state index >= 15 is 0 Å². The maximum Gasteiger partial charge on any atom is 0.269 e. The number of halogens is 1. The molecule has 0 saturated carbocycles. The number of anilines is 1. The molecule has 0 bridgehead atoms. The lowest BCUT2D eigenvalue weighted by atomic mass is 10.1. The molecule has 0 spiro atoms. The van der Waals surface area contributed by atoms with E-state index in [1.54, 1.807) is 38.2 Å². The molecule has 1 N–H and O–H groups in total. The molecule has 5 heteroatoms. The van der Waals surface area contributed by atoms with Gasteiger partial charge in [0.1, 0.15) is 11.6 Å². The van der Waals surface area contributed by atoms with Gasteiger partial charge in [-0.2, -0.15) is 0 Å². The fourth-order valence-corrected chi connectivity index (χ4v) is 1.95. The average molecular weight is 319 g/mol. The Morgan fingerprint density at radius 1 is 1.23 bits per heavy atom. The summed E-state index contributed by atoms with van der Waals surface area (Å²) in [7, 11) is 0. The SMILES string of the molecule is Cc1ccc(NC(=O)C(C)(C)Oc2ccc(Cl)c(C)c2)nc1. The highest BCUT2D eigenvalue weighted by atomic mass is 35.5. The maximum atomic E-state index is 12.4. The van der Waals surface area contributed by atoms with Crippen molar-refractivity contribution in [2.75, 3.05) is 5.32 Å². The van der Waals surface area contributed by atoms with E-state index < -0.39 is 5.60 Å². The first-order valence-electron chi connectivity index (χ1n) is 6.97. The lowest BCUT2D eigenvalue weighted by Crippen LogP contribution is -2.42. The van der Waals surface area contributed by atoms with E-state index in [1.807, 2.05) is 26.0 Å². The first kappa shape index (κ1) is 16.3. The second-order valence-corrected chi connectivity index (χ2v) is 6.11. The molecule has 0 aliphatic rings. The lowest BCUT2D eigenvalue weighted by molar-refractivity contribution is -0.128. The monoisotopic (exact) mass is 318 g/mol. The third kappa shape index (κ3) is 3.98. The van der Waals surface area contributed by atoms with Crippen molar-refractivity contribution < 1.29 is 9.53 Å². The number of benzene rings is 1. The van der Waals surface area contributed by atoms with Crippen LogP contribution >= 0.6 is 11.6 Å². The van der Waals surface area contributed by atoms with Crippen LogP contribution in [0.1, 0.15) is 25.0 Å². The lowest BCUT2D eigenvalue weighted by Gasteiger charge is -2.25. The molecule has 2 rings (SSSR count). The number of carbonyl (C=O) groups excluding carboxylic acids is 1. The summed E-state index contributed by atoms with van der Waals surface area (Å²) in [5, 5.41) is 3.42. The van der Waals surface area contributed by atoms with Gasteiger partial charge in [-0.1, -0.05) is 17.7 Å². The largest absolute Gasteiger partial charge is 0.478 e. The Hall–Kier alpha value is -2.07. The molecule has 0 radical (unpaired) electrons. The Bertz CT molecular complexity index is 682. The topological polar surface area (TPSA) is 51.2 Å². The molecule has 2 aromatic rings. The number of aromatic nitrogens is 1. The van der Waals surface area contributed by atoms with E-state index in [1.165, 1.54) is 0 Å². The molecule has 1 heterocycles. The molecule has 0 unspecified atom stereocenters. The number of carbonyl (C=O) groups is 1. The standard InChI is InChI=1S/C17H19ClN2O2/c1-11-5-8-15(19-10-11)20-16(21)17(3,4)22-13-6-7-14(18)12(2)9-13/h5-10H,1-4H3,(H,19,20,21). The molecule has 0 saturated heterocycles. The number of amides is 1. The zero-order valence-electron chi connectivity index (χ0n) is 13.1. The summed E-state index contributed by atoms with van der Waals surface area (Å²) in [6.45, 7) is 7.24. The number of pyridine rings is 1. The van der Waals surface area contributed by atoms with Gasteiger partial charge in [-0.25, -0.2) is 4.98 Å².